The monoisotopic (exact) mass is 979 g/mol. The van der Waals surface area contributed by atoms with Crippen molar-refractivity contribution in [3.8, 4) is 33.4 Å². The number of unbranched alkanes of at least 4 members (excludes halogenated alkanes) is 18. The Kier molecular flexibility index (Phi) is 19.1. The van der Waals surface area contributed by atoms with Crippen molar-refractivity contribution in [2.45, 2.75) is 250 Å². The molecule has 4 aromatic carbocycles. The molecule has 390 valence electrons. The van der Waals surface area contributed by atoms with E-state index in [1.807, 2.05) is 18.2 Å². The first kappa shape index (κ1) is 55.0. The first-order valence-electron chi connectivity index (χ1n) is 29.4. The summed E-state index contributed by atoms with van der Waals surface area (Å²) >= 11 is 0. The third-order valence-corrected chi connectivity index (χ3v) is 17.8. The molecule has 0 radical (unpaired) electrons. The largest absolute Gasteiger partial charge is 0.478 e. The van der Waals surface area contributed by atoms with Crippen LogP contribution in [-0.2, 0) is 16.2 Å². The minimum absolute atomic E-state index is 0.328. The van der Waals surface area contributed by atoms with Gasteiger partial charge >= 0.3 is 17.9 Å². The first-order valence-corrected chi connectivity index (χ1v) is 29.4. The highest BCUT2D eigenvalue weighted by Gasteiger charge is 2.58. The van der Waals surface area contributed by atoms with Gasteiger partial charge in [0, 0.05) is 16.2 Å². The predicted molar refractivity (Wildman–Crippen MR) is 299 cm³/mol. The molecule has 7 rings (SSSR count). The van der Waals surface area contributed by atoms with Crippen LogP contribution in [0.3, 0.4) is 0 Å². The lowest BCUT2D eigenvalue weighted by atomic mass is 9.63. The summed E-state index contributed by atoms with van der Waals surface area (Å²) in [5, 5.41) is 32.6. The Bertz CT molecular complexity index is 2190. The second kappa shape index (κ2) is 25.0. The molecule has 0 fully saturated rings. The van der Waals surface area contributed by atoms with Crippen LogP contribution < -0.4 is 0 Å². The fourth-order valence-corrected chi connectivity index (χ4v) is 14.3. The molecule has 0 unspecified atom stereocenters. The van der Waals surface area contributed by atoms with Crippen molar-refractivity contribution in [3.63, 3.8) is 0 Å². The van der Waals surface area contributed by atoms with Crippen LogP contribution in [0.4, 0.5) is 0 Å². The zero-order chi connectivity index (χ0) is 51.5. The molecule has 0 heterocycles. The Balaban J connectivity index is 1.76. The van der Waals surface area contributed by atoms with Crippen LogP contribution in [0, 0.1) is 0 Å². The van der Waals surface area contributed by atoms with Gasteiger partial charge in [0.05, 0.1) is 16.7 Å². The van der Waals surface area contributed by atoms with Crippen LogP contribution in [0.2, 0.25) is 0 Å². The van der Waals surface area contributed by atoms with Gasteiger partial charge in [-0.05, 0) is 142 Å². The average molecular weight is 979 g/mol. The van der Waals surface area contributed by atoms with Gasteiger partial charge in [-0.2, -0.15) is 0 Å². The maximum atomic E-state index is 13.3. The van der Waals surface area contributed by atoms with Gasteiger partial charge in [-0.25, -0.2) is 14.4 Å². The number of benzene rings is 4. The predicted octanol–water partition coefficient (Wildman–Crippen LogP) is 19.4. The number of rotatable bonds is 33. The summed E-state index contributed by atoms with van der Waals surface area (Å²) in [5.74, 6) is -2.72. The Hall–Kier alpha value is -4.71. The van der Waals surface area contributed by atoms with Gasteiger partial charge in [-0.15, -0.1) is 0 Å². The van der Waals surface area contributed by atoms with E-state index in [2.05, 4.69) is 77.9 Å². The molecule has 3 aliphatic carbocycles. The number of carboxylic acids is 3. The van der Waals surface area contributed by atoms with Gasteiger partial charge in [0.15, 0.2) is 0 Å². The molecule has 0 saturated heterocycles. The molecule has 0 atom stereocenters. The summed E-state index contributed by atoms with van der Waals surface area (Å²) in [6, 6.07) is 18.3. The fourth-order valence-electron chi connectivity index (χ4n) is 14.3. The van der Waals surface area contributed by atoms with E-state index in [4.69, 9.17) is 0 Å². The SMILES string of the molecule is CCCCCCC1(CCCCCC)c2cc(C(=O)O)ccc2-c2c1c1c(c3c2C(CCCCCC)(CCCCCC)c2cc(C(=O)O)ccc2-3)C(CCCCCC)(CCCCCC)c2cc(C(=O)O)ccc2-1. The van der Waals surface area contributed by atoms with Gasteiger partial charge in [0.2, 0.25) is 0 Å². The lowest BCUT2D eigenvalue weighted by molar-refractivity contribution is 0.0686. The summed E-state index contributed by atoms with van der Waals surface area (Å²) in [4.78, 5) is 39.8. The Morgan fingerprint density at radius 1 is 0.319 bits per heavy atom. The van der Waals surface area contributed by atoms with E-state index in [-0.39, 0.29) is 0 Å². The standard InChI is InChI=1S/C66H90O6/c1-7-13-19-25-37-64(38-26-20-14-8-2)52-43-46(61(67)68)31-34-49(52)55-58(64)56-50-35-32-47(62(69)70)44-53(50)65(39-27-21-15-9-3,40-28-22-16-10-4)60(56)57-51-36-33-48(63(71)72)45-54(51)66(59(55)57,41-29-23-17-11-5)42-30-24-18-12-6/h31-36,43-45H,7-30,37-42H2,1-6H3,(H,67,68)(H,69,70)(H,71,72). The smallest absolute Gasteiger partial charge is 0.335 e. The molecule has 0 spiro atoms. The number of hydrogen-bond acceptors (Lipinski definition) is 3. The molecule has 6 nitrogen and oxygen atoms in total. The fraction of sp³-hybridized carbons (Fsp3) is 0.591. The molecule has 0 aliphatic heterocycles. The van der Waals surface area contributed by atoms with E-state index in [0.29, 0.717) is 16.7 Å². The second-order valence-electron chi connectivity index (χ2n) is 22.6. The number of fused-ring (bicyclic) bond motifs is 12. The van der Waals surface area contributed by atoms with Crippen molar-refractivity contribution >= 4 is 17.9 Å². The van der Waals surface area contributed by atoms with E-state index in [9.17, 15) is 29.7 Å². The third-order valence-electron chi connectivity index (χ3n) is 17.8. The van der Waals surface area contributed by atoms with Crippen LogP contribution in [0.25, 0.3) is 33.4 Å². The van der Waals surface area contributed by atoms with E-state index in [1.165, 1.54) is 33.4 Å². The highest BCUT2D eigenvalue weighted by atomic mass is 16.4. The van der Waals surface area contributed by atoms with Crippen molar-refractivity contribution in [3.05, 3.63) is 105 Å². The number of hydrogen-bond donors (Lipinski definition) is 3. The molecule has 3 N–H and O–H groups in total. The second-order valence-corrected chi connectivity index (χ2v) is 22.6. The van der Waals surface area contributed by atoms with Crippen LogP contribution in [0.5, 0.6) is 0 Å². The zero-order valence-corrected chi connectivity index (χ0v) is 45.5. The van der Waals surface area contributed by atoms with Crippen LogP contribution in [0.1, 0.15) is 299 Å². The van der Waals surface area contributed by atoms with Crippen molar-refractivity contribution < 1.29 is 29.7 Å². The quantitative estimate of drug-likeness (QED) is 0.0410. The topological polar surface area (TPSA) is 112 Å². The van der Waals surface area contributed by atoms with Crippen molar-refractivity contribution in [2.24, 2.45) is 0 Å². The van der Waals surface area contributed by atoms with Gasteiger partial charge in [-0.3, -0.25) is 0 Å². The maximum absolute atomic E-state index is 13.3. The number of carbonyl (C=O) groups is 3. The van der Waals surface area contributed by atoms with Gasteiger partial charge in [0.1, 0.15) is 0 Å². The molecule has 6 heteroatoms. The van der Waals surface area contributed by atoms with Crippen molar-refractivity contribution in [1.29, 1.82) is 0 Å². The Morgan fingerprint density at radius 3 is 0.708 bits per heavy atom. The van der Waals surface area contributed by atoms with Crippen molar-refractivity contribution in [1.82, 2.24) is 0 Å². The molecule has 4 aromatic rings. The van der Waals surface area contributed by atoms with Gasteiger partial charge in [0.25, 0.3) is 0 Å². The number of carboxylic acid groups (broad SMARTS) is 3. The summed E-state index contributed by atoms with van der Waals surface area (Å²) < 4.78 is 0. The first-order chi connectivity index (χ1) is 35.0. The average Bonchev–Trinajstić information content (AvgIpc) is 3.93. The summed E-state index contributed by atoms with van der Waals surface area (Å²) in [6.07, 6.45) is 31.8. The van der Waals surface area contributed by atoms with Gasteiger partial charge < -0.3 is 15.3 Å². The molecule has 0 aromatic heterocycles. The zero-order valence-electron chi connectivity index (χ0n) is 45.5. The molecular weight excluding hydrogens is 889 g/mol. The van der Waals surface area contributed by atoms with E-state index >= 15 is 0 Å². The molecule has 72 heavy (non-hydrogen) atoms. The molecule has 0 amide bonds. The Morgan fingerprint density at radius 2 is 0.528 bits per heavy atom. The van der Waals surface area contributed by atoms with E-state index < -0.39 is 34.2 Å². The van der Waals surface area contributed by atoms with Crippen LogP contribution >= 0.6 is 0 Å². The van der Waals surface area contributed by atoms with Crippen LogP contribution in [-0.4, -0.2) is 33.2 Å². The van der Waals surface area contributed by atoms with Crippen molar-refractivity contribution in [2.75, 3.05) is 0 Å². The summed E-state index contributed by atoms with van der Waals surface area (Å²) in [5.41, 5.74) is 14.4. The molecular formula is C66H90O6. The lowest BCUT2D eigenvalue weighted by Crippen LogP contribution is -2.31. The maximum Gasteiger partial charge on any atom is 0.335 e. The highest BCUT2D eigenvalue weighted by Crippen LogP contribution is 2.71. The minimum atomic E-state index is -0.908. The van der Waals surface area contributed by atoms with E-state index in [1.54, 1.807) is 0 Å². The molecule has 0 saturated carbocycles. The van der Waals surface area contributed by atoms with Gasteiger partial charge in [-0.1, -0.05) is 214 Å². The highest BCUT2D eigenvalue weighted by molar-refractivity contribution is 6.06. The Labute approximate surface area is 434 Å². The molecule has 0 bridgehead atoms. The third kappa shape index (κ3) is 10.5. The molecule has 3 aliphatic rings. The normalized spacial score (nSPS) is 14.9. The lowest BCUT2D eigenvalue weighted by Gasteiger charge is -2.39. The summed E-state index contributed by atoms with van der Waals surface area (Å²) in [7, 11) is 0. The van der Waals surface area contributed by atoms with Crippen LogP contribution in [0.15, 0.2) is 54.6 Å². The number of aromatic carboxylic acids is 3. The van der Waals surface area contributed by atoms with E-state index in [0.717, 1.165) is 226 Å². The summed E-state index contributed by atoms with van der Waals surface area (Å²) in [6.45, 7) is 13.6. The minimum Gasteiger partial charge on any atom is -0.478 e.